The van der Waals surface area contributed by atoms with Gasteiger partial charge in [-0.15, -0.1) is 10.2 Å². The number of thioether (sulfide) groups is 1. The van der Waals surface area contributed by atoms with E-state index in [4.69, 9.17) is 16.3 Å². The van der Waals surface area contributed by atoms with Crippen LogP contribution in [-0.4, -0.2) is 28.5 Å². The summed E-state index contributed by atoms with van der Waals surface area (Å²) in [4.78, 5) is 12.0. The van der Waals surface area contributed by atoms with Gasteiger partial charge in [0.15, 0.2) is 10.4 Å². The molecule has 1 heterocycles. The molecule has 2 rings (SSSR count). The minimum Gasteiger partial charge on any atom is -0.481 e. The number of nitrogens with zero attached hydrogens (tertiary/aromatic N) is 2. The molecule has 0 radical (unpaired) electrons. The minimum absolute atomic E-state index is 0.284. The van der Waals surface area contributed by atoms with Gasteiger partial charge in [0.05, 0.1) is 0 Å². The SMILES string of the molecule is CSc1nnc(NC(=O)[C@@H](C)Oc2cccc(Cl)c2)s1. The molecule has 1 aromatic carbocycles. The Labute approximate surface area is 129 Å². The lowest BCUT2D eigenvalue weighted by Crippen LogP contribution is -2.30. The summed E-state index contributed by atoms with van der Waals surface area (Å²) >= 11 is 8.65. The molecule has 0 saturated heterocycles. The van der Waals surface area contributed by atoms with Crippen LogP contribution in [0, 0.1) is 0 Å². The van der Waals surface area contributed by atoms with E-state index in [9.17, 15) is 4.79 Å². The van der Waals surface area contributed by atoms with Gasteiger partial charge < -0.3 is 4.74 Å². The number of amides is 1. The molecule has 8 heteroatoms. The van der Waals surface area contributed by atoms with Gasteiger partial charge in [-0.1, -0.05) is 40.8 Å². The van der Waals surface area contributed by atoms with Crippen LogP contribution in [0.5, 0.6) is 5.75 Å². The van der Waals surface area contributed by atoms with E-state index in [0.29, 0.717) is 15.9 Å². The zero-order valence-corrected chi connectivity index (χ0v) is 13.2. The second-order valence-electron chi connectivity index (χ2n) is 3.78. The maximum Gasteiger partial charge on any atom is 0.266 e. The normalized spacial score (nSPS) is 11.9. The summed E-state index contributed by atoms with van der Waals surface area (Å²) in [5, 5.41) is 11.5. The summed E-state index contributed by atoms with van der Waals surface area (Å²) < 4.78 is 6.31. The Morgan fingerprint density at radius 2 is 2.30 bits per heavy atom. The van der Waals surface area contributed by atoms with E-state index in [0.717, 1.165) is 4.34 Å². The Balaban J connectivity index is 1.95. The number of carbonyl (C=O) groups is 1. The fourth-order valence-corrected chi connectivity index (χ4v) is 2.70. The number of carbonyl (C=O) groups excluding carboxylic acids is 1. The van der Waals surface area contributed by atoms with Crippen LogP contribution in [0.3, 0.4) is 0 Å². The molecule has 1 atom stereocenters. The lowest BCUT2D eigenvalue weighted by molar-refractivity contribution is -0.122. The molecule has 0 unspecified atom stereocenters. The van der Waals surface area contributed by atoms with Crippen molar-refractivity contribution in [2.75, 3.05) is 11.6 Å². The van der Waals surface area contributed by atoms with Crippen molar-refractivity contribution in [1.29, 1.82) is 0 Å². The van der Waals surface area contributed by atoms with Gasteiger partial charge in [0.1, 0.15) is 5.75 Å². The molecular formula is C12H12ClN3O2S2. The third-order valence-electron chi connectivity index (χ3n) is 2.29. The summed E-state index contributed by atoms with van der Waals surface area (Å²) in [6, 6.07) is 6.90. The van der Waals surface area contributed by atoms with E-state index in [2.05, 4.69) is 15.5 Å². The average molecular weight is 330 g/mol. The molecule has 0 bridgehead atoms. The maximum atomic E-state index is 12.0. The van der Waals surface area contributed by atoms with E-state index in [1.165, 1.54) is 23.1 Å². The van der Waals surface area contributed by atoms with Crippen LogP contribution in [0.25, 0.3) is 0 Å². The molecule has 0 aliphatic rings. The molecule has 0 saturated carbocycles. The van der Waals surface area contributed by atoms with Gasteiger partial charge in [-0.2, -0.15) is 0 Å². The van der Waals surface area contributed by atoms with E-state index in [1.807, 2.05) is 6.26 Å². The van der Waals surface area contributed by atoms with E-state index in [-0.39, 0.29) is 5.91 Å². The molecule has 0 aliphatic carbocycles. The molecule has 1 N–H and O–H groups in total. The van der Waals surface area contributed by atoms with Crippen molar-refractivity contribution in [1.82, 2.24) is 10.2 Å². The topological polar surface area (TPSA) is 64.1 Å². The standard InChI is InChI=1S/C12H12ClN3O2S2/c1-7(18-9-5-3-4-8(13)6-9)10(17)14-11-15-16-12(19-2)20-11/h3-7H,1-2H3,(H,14,15,17)/t7-/m1/s1. The number of anilines is 1. The number of hydrogen-bond acceptors (Lipinski definition) is 6. The first kappa shape index (κ1) is 15.1. The molecule has 5 nitrogen and oxygen atoms in total. The van der Waals surface area contributed by atoms with Gasteiger partial charge in [0.25, 0.3) is 5.91 Å². The number of nitrogens with one attached hydrogen (secondary N) is 1. The first-order valence-electron chi connectivity index (χ1n) is 5.69. The highest BCUT2D eigenvalue weighted by molar-refractivity contribution is 8.00. The predicted molar refractivity (Wildman–Crippen MR) is 81.9 cm³/mol. The Hall–Kier alpha value is -1.31. The highest BCUT2D eigenvalue weighted by Gasteiger charge is 2.17. The molecule has 0 fully saturated rings. The predicted octanol–water partition coefficient (Wildman–Crippen LogP) is 3.32. The van der Waals surface area contributed by atoms with Crippen molar-refractivity contribution >= 4 is 45.7 Å². The molecule has 106 valence electrons. The van der Waals surface area contributed by atoms with Gasteiger partial charge in [-0.25, -0.2) is 0 Å². The van der Waals surface area contributed by atoms with E-state index in [1.54, 1.807) is 31.2 Å². The van der Waals surface area contributed by atoms with Crippen LogP contribution in [0.4, 0.5) is 5.13 Å². The van der Waals surface area contributed by atoms with Crippen molar-refractivity contribution in [3.05, 3.63) is 29.3 Å². The molecule has 1 aromatic heterocycles. The van der Waals surface area contributed by atoms with Crippen LogP contribution in [0.2, 0.25) is 5.02 Å². The van der Waals surface area contributed by atoms with Gasteiger partial charge in [0.2, 0.25) is 5.13 Å². The van der Waals surface area contributed by atoms with Gasteiger partial charge in [-0.05, 0) is 31.4 Å². The lowest BCUT2D eigenvalue weighted by Gasteiger charge is -2.13. The quantitative estimate of drug-likeness (QED) is 0.673. The van der Waals surface area contributed by atoms with Crippen molar-refractivity contribution in [3.63, 3.8) is 0 Å². The van der Waals surface area contributed by atoms with Crippen LogP contribution in [0.15, 0.2) is 28.6 Å². The van der Waals surface area contributed by atoms with Crippen molar-refractivity contribution in [3.8, 4) is 5.75 Å². The third-order valence-corrected chi connectivity index (χ3v) is 4.34. The molecule has 0 spiro atoms. The first-order chi connectivity index (χ1) is 9.58. The largest absolute Gasteiger partial charge is 0.481 e. The number of benzene rings is 1. The summed E-state index contributed by atoms with van der Waals surface area (Å²) in [7, 11) is 0. The maximum absolute atomic E-state index is 12.0. The van der Waals surface area contributed by atoms with Gasteiger partial charge >= 0.3 is 0 Å². The Morgan fingerprint density at radius 1 is 1.50 bits per heavy atom. The Kier molecular flexibility index (Phi) is 5.22. The van der Waals surface area contributed by atoms with E-state index < -0.39 is 6.10 Å². The highest BCUT2D eigenvalue weighted by Crippen LogP contribution is 2.23. The number of ether oxygens (including phenoxy) is 1. The van der Waals surface area contributed by atoms with Crippen LogP contribution >= 0.6 is 34.7 Å². The third kappa shape index (κ3) is 4.09. The summed E-state index contributed by atoms with van der Waals surface area (Å²) in [5.41, 5.74) is 0. The van der Waals surface area contributed by atoms with Crippen LogP contribution in [0.1, 0.15) is 6.92 Å². The minimum atomic E-state index is -0.657. The van der Waals surface area contributed by atoms with Gasteiger partial charge in [-0.3, -0.25) is 10.1 Å². The fourth-order valence-electron chi connectivity index (χ4n) is 1.35. The fraction of sp³-hybridized carbons (Fsp3) is 0.250. The monoisotopic (exact) mass is 329 g/mol. The Bertz CT molecular complexity index is 606. The second kappa shape index (κ2) is 6.92. The molecule has 0 aliphatic heterocycles. The first-order valence-corrected chi connectivity index (χ1v) is 8.11. The number of halogens is 1. The summed E-state index contributed by atoms with van der Waals surface area (Å²) in [5.74, 6) is 0.260. The molecule has 20 heavy (non-hydrogen) atoms. The summed E-state index contributed by atoms with van der Waals surface area (Å²) in [6.45, 7) is 1.66. The van der Waals surface area contributed by atoms with Crippen molar-refractivity contribution in [2.45, 2.75) is 17.4 Å². The number of hydrogen-bond donors (Lipinski definition) is 1. The number of aromatic nitrogens is 2. The molecule has 1 amide bonds. The lowest BCUT2D eigenvalue weighted by atomic mass is 10.3. The zero-order chi connectivity index (χ0) is 14.5. The molecule has 2 aromatic rings. The van der Waals surface area contributed by atoms with Gasteiger partial charge in [0, 0.05) is 5.02 Å². The summed E-state index contributed by atoms with van der Waals surface area (Å²) in [6.07, 6.45) is 1.24. The zero-order valence-electron chi connectivity index (χ0n) is 10.8. The smallest absolute Gasteiger partial charge is 0.266 e. The second-order valence-corrected chi connectivity index (χ2v) is 6.25. The van der Waals surface area contributed by atoms with Crippen LogP contribution in [-0.2, 0) is 4.79 Å². The van der Waals surface area contributed by atoms with E-state index >= 15 is 0 Å². The number of rotatable bonds is 5. The Morgan fingerprint density at radius 3 is 2.95 bits per heavy atom. The van der Waals surface area contributed by atoms with Crippen molar-refractivity contribution in [2.24, 2.45) is 0 Å². The highest BCUT2D eigenvalue weighted by atomic mass is 35.5. The average Bonchev–Trinajstić information content (AvgIpc) is 2.86. The van der Waals surface area contributed by atoms with Crippen LogP contribution < -0.4 is 10.1 Å². The molecular weight excluding hydrogens is 318 g/mol. The van der Waals surface area contributed by atoms with Crippen molar-refractivity contribution < 1.29 is 9.53 Å².